The highest BCUT2D eigenvalue weighted by molar-refractivity contribution is 14.1. The van der Waals surface area contributed by atoms with Gasteiger partial charge in [-0.3, -0.25) is 0 Å². The summed E-state index contributed by atoms with van der Waals surface area (Å²) in [6.45, 7) is 0. The third-order valence-electron chi connectivity index (χ3n) is 4.78. The third-order valence-corrected chi connectivity index (χ3v) is 8.00. The molecule has 0 fully saturated rings. The smallest absolute Gasteiger partial charge is 0.127 e. The second-order valence-corrected chi connectivity index (χ2v) is 9.59. The van der Waals surface area contributed by atoms with E-state index in [-0.39, 0.29) is 5.82 Å². The number of halogens is 2. The van der Waals surface area contributed by atoms with E-state index in [2.05, 4.69) is 77.2 Å². The minimum atomic E-state index is -0.668. The monoisotopic (exact) mass is 442 g/mol. The predicted octanol–water partition coefficient (Wildman–Crippen LogP) is 7.18. The van der Waals surface area contributed by atoms with Crippen LogP contribution in [0.3, 0.4) is 0 Å². The fourth-order valence-electron chi connectivity index (χ4n) is 3.60. The van der Waals surface area contributed by atoms with Crippen molar-refractivity contribution in [2.45, 2.75) is 6.42 Å². The highest BCUT2D eigenvalue weighted by atomic mass is 127. The van der Waals surface area contributed by atoms with Gasteiger partial charge in [-0.2, -0.15) is 0 Å². The first-order chi connectivity index (χ1) is 11.7. The van der Waals surface area contributed by atoms with Crippen LogP contribution in [0.4, 0.5) is 4.39 Å². The molecule has 1 atom stereocenters. The largest absolute Gasteiger partial charge is 0.207 e. The molecule has 116 valence electrons. The van der Waals surface area contributed by atoms with E-state index >= 15 is 0 Å². The van der Waals surface area contributed by atoms with Gasteiger partial charge in [0.25, 0.3) is 0 Å². The lowest BCUT2D eigenvalue weighted by atomic mass is 10.1. The first kappa shape index (κ1) is 14.7. The molecule has 2 aromatic heterocycles. The van der Waals surface area contributed by atoms with Gasteiger partial charge in [0.05, 0.1) is 0 Å². The number of fused-ring (bicyclic) bond motifs is 2. The molecule has 3 heteroatoms. The van der Waals surface area contributed by atoms with E-state index in [9.17, 15) is 4.39 Å². The molecule has 0 amide bonds. The van der Waals surface area contributed by atoms with Gasteiger partial charge < -0.3 is 0 Å². The Labute approximate surface area is 154 Å². The lowest BCUT2D eigenvalue weighted by molar-refractivity contribution is 0.618. The van der Waals surface area contributed by atoms with Gasteiger partial charge in [-0.15, -0.1) is 0 Å². The summed E-state index contributed by atoms with van der Waals surface area (Å²) in [5.74, 6) is -0.0763. The average Bonchev–Trinajstić information content (AvgIpc) is 3.08. The minimum absolute atomic E-state index is 0.0763. The summed E-state index contributed by atoms with van der Waals surface area (Å²) >= 11 is 2.34. The van der Waals surface area contributed by atoms with E-state index in [1.54, 1.807) is 6.07 Å². The lowest BCUT2D eigenvalue weighted by Crippen LogP contribution is -1.88. The fourth-order valence-corrected chi connectivity index (χ4v) is 6.38. The molecule has 1 aliphatic rings. The lowest BCUT2D eigenvalue weighted by Gasteiger charge is -2.11. The molecule has 0 radical (unpaired) electrons. The normalized spacial score (nSPS) is 13.2. The Morgan fingerprint density at radius 3 is 2.38 bits per heavy atom. The molecule has 0 N–H and O–H groups in total. The van der Waals surface area contributed by atoms with Crippen LogP contribution >= 0.6 is 30.1 Å². The molecular formula is C21H13FIP. The van der Waals surface area contributed by atoms with E-state index in [0.717, 1.165) is 10.9 Å². The van der Waals surface area contributed by atoms with Crippen LogP contribution in [0.2, 0.25) is 0 Å². The average molecular weight is 442 g/mol. The fraction of sp³-hybridized carbons (Fsp3) is 0.0476. The topological polar surface area (TPSA) is 0 Å². The molecule has 0 aliphatic heterocycles. The van der Waals surface area contributed by atoms with E-state index in [0.29, 0.717) is 6.42 Å². The predicted molar refractivity (Wildman–Crippen MR) is 110 cm³/mol. The molecule has 4 bridgehead atoms. The van der Waals surface area contributed by atoms with E-state index in [4.69, 9.17) is 0 Å². The maximum atomic E-state index is 14.4. The molecule has 2 heterocycles. The molecule has 3 aromatic carbocycles. The van der Waals surface area contributed by atoms with Gasteiger partial charge in [0.1, 0.15) is 5.82 Å². The van der Waals surface area contributed by atoms with Crippen LogP contribution in [-0.2, 0) is 6.42 Å². The van der Waals surface area contributed by atoms with Gasteiger partial charge in [0.2, 0.25) is 0 Å². The maximum absolute atomic E-state index is 14.4. The van der Waals surface area contributed by atoms with Crippen molar-refractivity contribution in [2.75, 3.05) is 0 Å². The van der Waals surface area contributed by atoms with Crippen molar-refractivity contribution < 1.29 is 4.39 Å². The second-order valence-electron chi connectivity index (χ2n) is 6.16. The third kappa shape index (κ3) is 2.17. The summed E-state index contributed by atoms with van der Waals surface area (Å²) in [5, 5.41) is 6.22. The molecule has 1 aliphatic carbocycles. The van der Waals surface area contributed by atoms with Gasteiger partial charge >= 0.3 is 0 Å². The Balaban J connectivity index is 2.03. The van der Waals surface area contributed by atoms with Crippen molar-refractivity contribution in [1.82, 2.24) is 0 Å². The van der Waals surface area contributed by atoms with E-state index in [1.165, 1.54) is 30.1 Å². The van der Waals surface area contributed by atoms with E-state index < -0.39 is 7.53 Å². The van der Waals surface area contributed by atoms with Crippen molar-refractivity contribution in [3.05, 3.63) is 87.2 Å². The zero-order chi connectivity index (χ0) is 16.3. The van der Waals surface area contributed by atoms with Crippen molar-refractivity contribution in [3.8, 4) is 5.30 Å². The SMILES string of the molecule is Fc1ccc2c3cc(c4ccc(cc4)p2-c2ccc(I)cc2)Cc13. The minimum Gasteiger partial charge on any atom is -0.207 e. The quantitative estimate of drug-likeness (QED) is 0.241. The Morgan fingerprint density at radius 1 is 0.875 bits per heavy atom. The molecule has 0 saturated heterocycles. The van der Waals surface area contributed by atoms with Crippen molar-refractivity contribution in [1.29, 1.82) is 0 Å². The number of rotatable bonds is 1. The zero-order valence-corrected chi connectivity index (χ0v) is 15.8. The summed E-state index contributed by atoms with van der Waals surface area (Å²) in [6.07, 6.45) is 0.699. The van der Waals surface area contributed by atoms with Crippen LogP contribution in [0.5, 0.6) is 0 Å². The maximum Gasteiger partial charge on any atom is 0.127 e. The number of hydrogen-bond donors (Lipinski definition) is 0. The molecule has 1 unspecified atom stereocenters. The first-order valence-electron chi connectivity index (χ1n) is 7.89. The van der Waals surface area contributed by atoms with Crippen LogP contribution in [0.25, 0.3) is 26.3 Å². The molecule has 6 rings (SSSR count). The van der Waals surface area contributed by atoms with Gasteiger partial charge in [-0.25, -0.2) is 4.39 Å². The highest BCUT2D eigenvalue weighted by Crippen LogP contribution is 2.51. The van der Waals surface area contributed by atoms with Gasteiger partial charge in [-0.05, 0) is 91.8 Å². The zero-order valence-electron chi connectivity index (χ0n) is 12.8. The van der Waals surface area contributed by atoms with Gasteiger partial charge in [0, 0.05) is 20.7 Å². The standard InChI is InChI=1S/C21H13FIP/c22-20-9-10-21-19-12-14(11-18(19)20)13-1-5-16(6-2-13)24(21)17-7-3-15(23)4-8-17/h1-10,12H,11H2. The van der Waals surface area contributed by atoms with Crippen LogP contribution in [0.1, 0.15) is 11.1 Å². The van der Waals surface area contributed by atoms with Crippen LogP contribution in [0, 0.1) is 9.39 Å². The summed E-state index contributed by atoms with van der Waals surface area (Å²) in [4.78, 5) is 0. The van der Waals surface area contributed by atoms with Crippen LogP contribution < -0.4 is 0 Å². The number of hydrogen-bond acceptors (Lipinski definition) is 0. The van der Waals surface area contributed by atoms with Crippen molar-refractivity contribution >= 4 is 51.1 Å². The van der Waals surface area contributed by atoms with Gasteiger partial charge in [-0.1, -0.05) is 31.8 Å². The van der Waals surface area contributed by atoms with Gasteiger partial charge in [0.15, 0.2) is 0 Å². The van der Waals surface area contributed by atoms with Crippen LogP contribution in [0.15, 0.2) is 66.7 Å². The Kier molecular flexibility index (Phi) is 3.33. The van der Waals surface area contributed by atoms with E-state index in [1.807, 2.05) is 6.07 Å². The molecular weight excluding hydrogens is 429 g/mol. The summed E-state index contributed by atoms with van der Waals surface area (Å²) in [7, 11) is -0.668. The Morgan fingerprint density at radius 2 is 1.62 bits per heavy atom. The summed E-state index contributed by atoms with van der Waals surface area (Å²) < 4.78 is 15.6. The van der Waals surface area contributed by atoms with Crippen LogP contribution in [-0.4, -0.2) is 0 Å². The number of benzene rings is 3. The van der Waals surface area contributed by atoms with Crippen molar-refractivity contribution in [3.63, 3.8) is 0 Å². The Bertz CT molecular complexity index is 1120. The summed E-state index contributed by atoms with van der Waals surface area (Å²) in [5.41, 5.74) is 2.09. The Hall–Kier alpha value is -1.64. The first-order valence-corrected chi connectivity index (χ1v) is 10.3. The molecule has 5 aromatic rings. The summed E-state index contributed by atoms with van der Waals surface area (Å²) in [6, 6.07) is 23.5. The second kappa shape index (κ2) is 5.44. The van der Waals surface area contributed by atoms with Crippen molar-refractivity contribution in [2.24, 2.45) is 0 Å². The molecule has 24 heavy (non-hydrogen) atoms. The highest BCUT2D eigenvalue weighted by Gasteiger charge is 2.18. The molecule has 0 nitrogen and oxygen atoms in total. The molecule has 0 saturated carbocycles. The molecule has 0 spiro atoms.